The fraction of sp³-hybridized carbons (Fsp3) is 0.727. The van der Waals surface area contributed by atoms with Crippen LogP contribution in [-0.4, -0.2) is 35.9 Å². The lowest BCUT2D eigenvalue weighted by Gasteiger charge is -2.19. The van der Waals surface area contributed by atoms with Crippen molar-refractivity contribution in [3.05, 3.63) is 18.2 Å². The number of imidazole rings is 1. The van der Waals surface area contributed by atoms with Gasteiger partial charge in [-0.25, -0.2) is 18.1 Å². The van der Waals surface area contributed by atoms with Crippen molar-refractivity contribution in [2.24, 2.45) is 7.05 Å². The van der Waals surface area contributed by atoms with Gasteiger partial charge in [-0.2, -0.15) is 0 Å². The molecule has 1 aliphatic heterocycles. The molecule has 0 amide bonds. The minimum absolute atomic E-state index is 0.194. The SMILES string of the molecule is Cn1ccnc1[C@H]1OCC[C@@H]1NS(=O)(=O)C1CC1. The number of hydrogen-bond donors (Lipinski definition) is 1. The minimum atomic E-state index is -3.17. The highest BCUT2D eigenvalue weighted by atomic mass is 32.2. The summed E-state index contributed by atoms with van der Waals surface area (Å²) in [6.07, 6.45) is 5.50. The summed E-state index contributed by atoms with van der Waals surface area (Å²) < 4.78 is 34.2. The fourth-order valence-electron chi connectivity index (χ4n) is 2.30. The van der Waals surface area contributed by atoms with Crippen LogP contribution in [0.15, 0.2) is 12.4 Å². The summed E-state index contributed by atoms with van der Waals surface area (Å²) in [5.41, 5.74) is 0. The summed E-state index contributed by atoms with van der Waals surface area (Å²) in [6, 6.07) is -0.198. The number of hydrogen-bond acceptors (Lipinski definition) is 4. The van der Waals surface area contributed by atoms with E-state index in [4.69, 9.17) is 4.74 Å². The van der Waals surface area contributed by atoms with Gasteiger partial charge in [-0.3, -0.25) is 0 Å². The van der Waals surface area contributed by atoms with Crippen LogP contribution in [0.3, 0.4) is 0 Å². The maximum absolute atomic E-state index is 12.0. The molecule has 1 N–H and O–H groups in total. The molecule has 0 bridgehead atoms. The molecule has 2 atom stereocenters. The summed E-state index contributed by atoms with van der Waals surface area (Å²) in [5.74, 6) is 0.774. The largest absolute Gasteiger partial charge is 0.369 e. The molecule has 1 aromatic rings. The van der Waals surface area contributed by atoms with Crippen molar-refractivity contribution in [1.29, 1.82) is 0 Å². The lowest BCUT2D eigenvalue weighted by molar-refractivity contribution is 0.0932. The Bertz CT molecular complexity index is 535. The number of aromatic nitrogens is 2. The third-order valence-electron chi connectivity index (χ3n) is 3.48. The third-order valence-corrected chi connectivity index (χ3v) is 5.46. The zero-order chi connectivity index (χ0) is 12.8. The molecule has 2 fully saturated rings. The summed E-state index contributed by atoms with van der Waals surface area (Å²) in [4.78, 5) is 4.24. The van der Waals surface area contributed by atoms with Gasteiger partial charge in [0.25, 0.3) is 0 Å². The Morgan fingerprint density at radius 2 is 2.22 bits per heavy atom. The first-order valence-electron chi connectivity index (χ1n) is 6.18. The number of ether oxygens (including phenoxy) is 1. The van der Waals surface area contributed by atoms with Crippen molar-refractivity contribution in [2.45, 2.75) is 36.7 Å². The second-order valence-corrected chi connectivity index (χ2v) is 6.94. The molecule has 6 nitrogen and oxygen atoms in total. The van der Waals surface area contributed by atoms with Crippen molar-refractivity contribution in [2.75, 3.05) is 6.61 Å². The predicted octanol–water partition coefficient (Wildman–Crippen LogP) is 0.332. The van der Waals surface area contributed by atoms with E-state index < -0.39 is 10.0 Å². The highest BCUT2D eigenvalue weighted by Gasteiger charge is 2.41. The Hall–Kier alpha value is -0.920. The zero-order valence-electron chi connectivity index (χ0n) is 10.2. The molecule has 1 saturated carbocycles. The van der Waals surface area contributed by atoms with Gasteiger partial charge in [-0.15, -0.1) is 0 Å². The van der Waals surface area contributed by atoms with E-state index in [-0.39, 0.29) is 17.4 Å². The smallest absolute Gasteiger partial charge is 0.214 e. The highest BCUT2D eigenvalue weighted by Crippen LogP contribution is 2.32. The lowest BCUT2D eigenvalue weighted by Crippen LogP contribution is -2.39. The van der Waals surface area contributed by atoms with E-state index >= 15 is 0 Å². The maximum Gasteiger partial charge on any atom is 0.214 e. The van der Waals surface area contributed by atoms with Crippen LogP contribution in [0.4, 0.5) is 0 Å². The summed E-state index contributed by atoms with van der Waals surface area (Å²) in [6.45, 7) is 0.565. The maximum atomic E-state index is 12.0. The molecule has 2 aliphatic rings. The Morgan fingerprint density at radius 1 is 1.44 bits per heavy atom. The number of aryl methyl sites for hydroxylation is 1. The molecule has 0 unspecified atom stereocenters. The van der Waals surface area contributed by atoms with E-state index in [1.165, 1.54) is 0 Å². The molecular formula is C11H17N3O3S. The Kier molecular flexibility index (Phi) is 2.91. The van der Waals surface area contributed by atoms with Gasteiger partial charge in [0.15, 0.2) is 0 Å². The molecule has 3 rings (SSSR count). The van der Waals surface area contributed by atoms with Crippen LogP contribution in [0.2, 0.25) is 0 Å². The average Bonchev–Trinajstić information content (AvgIpc) is 2.97. The number of nitrogens with one attached hydrogen (secondary N) is 1. The van der Waals surface area contributed by atoms with Crippen LogP contribution in [0.1, 0.15) is 31.2 Å². The zero-order valence-corrected chi connectivity index (χ0v) is 11.1. The summed E-state index contributed by atoms with van der Waals surface area (Å²) in [5, 5.41) is -0.194. The van der Waals surface area contributed by atoms with E-state index in [1.807, 2.05) is 17.8 Å². The van der Waals surface area contributed by atoms with E-state index in [0.717, 1.165) is 18.7 Å². The van der Waals surface area contributed by atoms with Crippen LogP contribution in [0.25, 0.3) is 0 Å². The molecule has 18 heavy (non-hydrogen) atoms. The standard InChI is InChI=1S/C11H17N3O3S/c1-14-6-5-12-11(14)10-9(4-7-17-10)13-18(15,16)8-2-3-8/h5-6,8-10,13H,2-4,7H2,1H3/t9-,10-/m0/s1. The molecule has 0 spiro atoms. The van der Waals surface area contributed by atoms with E-state index in [9.17, 15) is 8.42 Å². The lowest BCUT2D eigenvalue weighted by atomic mass is 10.1. The molecule has 0 aromatic carbocycles. The number of rotatable bonds is 4. The van der Waals surface area contributed by atoms with Crippen LogP contribution in [-0.2, 0) is 21.8 Å². The second kappa shape index (κ2) is 4.32. The third kappa shape index (κ3) is 2.17. The fourth-order valence-corrected chi connectivity index (χ4v) is 3.91. The van der Waals surface area contributed by atoms with E-state index in [2.05, 4.69) is 9.71 Å². The van der Waals surface area contributed by atoms with Gasteiger partial charge in [0.2, 0.25) is 10.0 Å². The quantitative estimate of drug-likeness (QED) is 0.856. The average molecular weight is 271 g/mol. The first-order chi connectivity index (χ1) is 8.58. The van der Waals surface area contributed by atoms with Crippen LogP contribution in [0, 0.1) is 0 Å². The number of nitrogens with zero attached hydrogens (tertiary/aromatic N) is 2. The minimum Gasteiger partial charge on any atom is -0.369 e. The predicted molar refractivity (Wildman–Crippen MR) is 65.4 cm³/mol. The molecule has 7 heteroatoms. The van der Waals surface area contributed by atoms with Gasteiger partial charge in [-0.05, 0) is 19.3 Å². The van der Waals surface area contributed by atoms with Crippen molar-refractivity contribution >= 4 is 10.0 Å². The van der Waals surface area contributed by atoms with Crippen molar-refractivity contribution < 1.29 is 13.2 Å². The van der Waals surface area contributed by atoms with Gasteiger partial charge in [0.05, 0.1) is 11.3 Å². The first-order valence-corrected chi connectivity index (χ1v) is 7.72. The van der Waals surface area contributed by atoms with Gasteiger partial charge in [-0.1, -0.05) is 0 Å². The molecule has 1 aliphatic carbocycles. The Labute approximate surface area is 106 Å². The molecular weight excluding hydrogens is 254 g/mol. The molecule has 100 valence electrons. The van der Waals surface area contributed by atoms with Crippen LogP contribution >= 0.6 is 0 Å². The monoisotopic (exact) mass is 271 g/mol. The number of sulfonamides is 1. The topological polar surface area (TPSA) is 73.2 Å². The highest BCUT2D eigenvalue weighted by molar-refractivity contribution is 7.90. The first kappa shape index (κ1) is 12.1. The second-order valence-electron chi connectivity index (χ2n) is 4.95. The van der Waals surface area contributed by atoms with Crippen molar-refractivity contribution in [1.82, 2.24) is 14.3 Å². The Morgan fingerprint density at radius 3 is 2.83 bits per heavy atom. The van der Waals surface area contributed by atoms with E-state index in [0.29, 0.717) is 13.0 Å². The Balaban J connectivity index is 1.77. The van der Waals surface area contributed by atoms with Crippen LogP contribution < -0.4 is 4.72 Å². The molecule has 1 aromatic heterocycles. The van der Waals surface area contributed by atoms with E-state index in [1.54, 1.807) is 6.20 Å². The normalized spacial score (nSPS) is 28.7. The summed E-state index contributed by atoms with van der Waals surface area (Å²) in [7, 11) is -1.29. The molecule has 1 saturated heterocycles. The van der Waals surface area contributed by atoms with Gasteiger partial charge in [0.1, 0.15) is 11.9 Å². The van der Waals surface area contributed by atoms with Gasteiger partial charge >= 0.3 is 0 Å². The van der Waals surface area contributed by atoms with Crippen molar-refractivity contribution in [3.8, 4) is 0 Å². The molecule has 0 radical (unpaired) electrons. The summed E-state index contributed by atoms with van der Waals surface area (Å²) >= 11 is 0. The van der Waals surface area contributed by atoms with Crippen molar-refractivity contribution in [3.63, 3.8) is 0 Å². The van der Waals surface area contributed by atoms with Gasteiger partial charge in [0, 0.05) is 26.0 Å². The van der Waals surface area contributed by atoms with Gasteiger partial charge < -0.3 is 9.30 Å². The van der Waals surface area contributed by atoms with Crippen LogP contribution in [0.5, 0.6) is 0 Å². The molecule has 2 heterocycles.